The van der Waals surface area contributed by atoms with Gasteiger partial charge in [-0.05, 0) is 25.7 Å². The van der Waals surface area contributed by atoms with E-state index in [-0.39, 0.29) is 11.7 Å². The summed E-state index contributed by atoms with van der Waals surface area (Å²) in [4.78, 5) is 24.0. The summed E-state index contributed by atoms with van der Waals surface area (Å²) in [6, 6.07) is 0.794. The van der Waals surface area contributed by atoms with Gasteiger partial charge in [0, 0.05) is 19.0 Å². The number of hydrogen-bond acceptors (Lipinski definition) is 2. The highest BCUT2D eigenvalue weighted by atomic mass is 16.2. The second-order valence-corrected chi connectivity index (χ2v) is 3.73. The Morgan fingerprint density at radius 3 is 1.75 bits per heavy atom. The zero-order chi connectivity index (χ0) is 8.72. The van der Waals surface area contributed by atoms with E-state index in [1.54, 1.807) is 0 Å². The highest BCUT2D eigenvalue weighted by Gasteiger charge is 2.42. The van der Waals surface area contributed by atoms with E-state index in [4.69, 9.17) is 0 Å². The van der Waals surface area contributed by atoms with Crippen molar-refractivity contribution in [1.29, 1.82) is 0 Å². The van der Waals surface area contributed by atoms with Crippen LogP contribution >= 0.6 is 0 Å². The second-order valence-electron chi connectivity index (χ2n) is 3.73. The summed E-state index contributed by atoms with van der Waals surface area (Å²) in [5.41, 5.74) is 0. The predicted octanol–water partition coefficient (Wildman–Crippen LogP) is 0.729. The van der Waals surface area contributed by atoms with E-state index < -0.39 is 0 Å². The Bertz CT molecular complexity index is 217. The minimum absolute atomic E-state index is 0.264. The smallest absolute Gasteiger partial charge is 0.290 e. The van der Waals surface area contributed by atoms with Crippen LogP contribution in [0.5, 0.6) is 0 Å². The van der Waals surface area contributed by atoms with Crippen molar-refractivity contribution in [2.24, 2.45) is 0 Å². The number of carbonyl (C=O) groups is 2. The third kappa shape index (κ3) is 1.36. The largest absolute Gasteiger partial charge is 0.330 e. The maximum absolute atomic E-state index is 11.4. The quantitative estimate of drug-likeness (QED) is 0.581. The number of hydrogen-bond donors (Lipinski definition) is 0. The van der Waals surface area contributed by atoms with Crippen molar-refractivity contribution in [3.63, 3.8) is 0 Å². The number of ketones is 1. The lowest BCUT2D eigenvalue weighted by Gasteiger charge is -2.19. The number of rotatable bonds is 3. The molecule has 66 valence electrons. The van der Waals surface area contributed by atoms with Crippen LogP contribution in [0.15, 0.2) is 0 Å². The number of carbonyl (C=O) groups excluding carboxylic acids is 2. The molecular formula is C9H13NO2. The fourth-order valence-electron chi connectivity index (χ4n) is 1.52. The van der Waals surface area contributed by atoms with Gasteiger partial charge in [0.25, 0.3) is 5.91 Å². The lowest BCUT2D eigenvalue weighted by molar-refractivity contribution is -0.144. The summed E-state index contributed by atoms with van der Waals surface area (Å²) in [7, 11) is 0. The fourth-order valence-corrected chi connectivity index (χ4v) is 1.52. The second kappa shape index (κ2) is 2.57. The van der Waals surface area contributed by atoms with Crippen molar-refractivity contribution < 1.29 is 9.59 Å². The van der Waals surface area contributed by atoms with Crippen LogP contribution < -0.4 is 0 Å². The highest BCUT2D eigenvalue weighted by molar-refractivity contribution is 6.35. The summed E-state index contributed by atoms with van der Waals surface area (Å²) in [5, 5.41) is 0. The monoisotopic (exact) mass is 167 g/mol. The molecular weight excluding hydrogens is 154 g/mol. The molecule has 0 aromatic rings. The Hall–Kier alpha value is -0.860. The summed E-state index contributed by atoms with van der Waals surface area (Å²) < 4.78 is 0. The van der Waals surface area contributed by atoms with Crippen molar-refractivity contribution in [2.45, 2.75) is 44.7 Å². The van der Waals surface area contributed by atoms with Gasteiger partial charge in [-0.25, -0.2) is 0 Å². The van der Waals surface area contributed by atoms with Gasteiger partial charge < -0.3 is 4.90 Å². The SMILES string of the molecule is CC(=O)C(=O)N(C1CC1)C1CC1. The Labute approximate surface area is 71.7 Å². The van der Waals surface area contributed by atoms with Crippen LogP contribution in [-0.2, 0) is 9.59 Å². The zero-order valence-electron chi connectivity index (χ0n) is 7.25. The molecule has 1 amide bonds. The first kappa shape index (κ1) is 7.77. The van der Waals surface area contributed by atoms with Crippen LogP contribution in [0.1, 0.15) is 32.6 Å². The summed E-state index contributed by atoms with van der Waals surface area (Å²) in [5.74, 6) is -0.575. The molecule has 0 heterocycles. The van der Waals surface area contributed by atoms with Gasteiger partial charge in [0.05, 0.1) is 0 Å². The minimum Gasteiger partial charge on any atom is -0.330 e. The van der Waals surface area contributed by atoms with Crippen LogP contribution in [0.25, 0.3) is 0 Å². The van der Waals surface area contributed by atoms with Crippen LogP contribution in [0.4, 0.5) is 0 Å². The highest BCUT2D eigenvalue weighted by Crippen LogP contribution is 2.37. The topological polar surface area (TPSA) is 37.4 Å². The number of Topliss-reactive ketones (excluding diaryl/α,β-unsaturated/α-hetero) is 1. The van der Waals surface area contributed by atoms with Crippen molar-refractivity contribution in [3.8, 4) is 0 Å². The predicted molar refractivity (Wildman–Crippen MR) is 43.6 cm³/mol. The molecule has 0 aliphatic heterocycles. The van der Waals surface area contributed by atoms with E-state index in [1.165, 1.54) is 6.92 Å². The van der Waals surface area contributed by atoms with Gasteiger partial charge in [0.2, 0.25) is 5.78 Å². The van der Waals surface area contributed by atoms with E-state index in [2.05, 4.69) is 0 Å². The molecule has 0 aromatic heterocycles. The molecule has 0 saturated heterocycles. The normalized spacial score (nSPS) is 22.1. The van der Waals surface area contributed by atoms with E-state index in [1.807, 2.05) is 4.90 Å². The van der Waals surface area contributed by atoms with Gasteiger partial charge in [-0.2, -0.15) is 0 Å². The van der Waals surface area contributed by atoms with Gasteiger partial charge in [-0.15, -0.1) is 0 Å². The molecule has 2 fully saturated rings. The molecule has 3 heteroatoms. The van der Waals surface area contributed by atoms with Gasteiger partial charge in [0.1, 0.15) is 0 Å². The van der Waals surface area contributed by atoms with Gasteiger partial charge in [0.15, 0.2) is 0 Å². The van der Waals surface area contributed by atoms with Gasteiger partial charge in [-0.1, -0.05) is 0 Å². The third-order valence-corrected chi connectivity index (χ3v) is 2.42. The van der Waals surface area contributed by atoms with E-state index >= 15 is 0 Å². The first-order valence-electron chi connectivity index (χ1n) is 4.53. The van der Waals surface area contributed by atoms with Crippen LogP contribution in [0, 0.1) is 0 Å². The maximum Gasteiger partial charge on any atom is 0.290 e. The lowest BCUT2D eigenvalue weighted by atomic mass is 10.3. The molecule has 2 aliphatic carbocycles. The minimum atomic E-state index is -0.311. The van der Waals surface area contributed by atoms with Crippen LogP contribution in [0.3, 0.4) is 0 Å². The third-order valence-electron chi connectivity index (χ3n) is 2.42. The molecule has 12 heavy (non-hydrogen) atoms. The van der Waals surface area contributed by atoms with E-state index in [9.17, 15) is 9.59 Å². The van der Waals surface area contributed by atoms with Gasteiger partial charge >= 0.3 is 0 Å². The first-order valence-corrected chi connectivity index (χ1v) is 4.53. The Kier molecular flexibility index (Phi) is 1.67. The van der Waals surface area contributed by atoms with Crippen LogP contribution in [-0.4, -0.2) is 28.7 Å². The molecule has 0 unspecified atom stereocenters. The fraction of sp³-hybridized carbons (Fsp3) is 0.778. The van der Waals surface area contributed by atoms with Crippen molar-refractivity contribution >= 4 is 11.7 Å². The van der Waals surface area contributed by atoms with Crippen molar-refractivity contribution in [3.05, 3.63) is 0 Å². The molecule has 0 atom stereocenters. The Morgan fingerprint density at radius 1 is 1.08 bits per heavy atom. The molecule has 0 spiro atoms. The molecule has 0 bridgehead atoms. The average Bonchev–Trinajstić information content (AvgIpc) is 2.81. The molecule has 2 aliphatic rings. The Balaban J connectivity index is 2.04. The standard InChI is InChI=1S/C9H13NO2/c1-6(11)9(12)10(7-2-3-7)8-4-5-8/h7-8H,2-5H2,1H3. The summed E-state index contributed by atoms with van der Waals surface area (Å²) >= 11 is 0. The van der Waals surface area contributed by atoms with Crippen LogP contribution in [0.2, 0.25) is 0 Å². The van der Waals surface area contributed by atoms with E-state index in [0.717, 1.165) is 25.7 Å². The number of nitrogens with zero attached hydrogens (tertiary/aromatic N) is 1. The molecule has 2 rings (SSSR count). The summed E-state index contributed by atoms with van der Waals surface area (Å²) in [6.45, 7) is 1.36. The molecule has 2 saturated carbocycles. The van der Waals surface area contributed by atoms with E-state index in [0.29, 0.717) is 12.1 Å². The summed E-state index contributed by atoms with van der Waals surface area (Å²) in [6.07, 6.45) is 4.37. The molecule has 0 radical (unpaired) electrons. The lowest BCUT2D eigenvalue weighted by Crippen LogP contribution is -2.38. The maximum atomic E-state index is 11.4. The molecule has 3 nitrogen and oxygen atoms in total. The average molecular weight is 167 g/mol. The van der Waals surface area contributed by atoms with Crippen molar-refractivity contribution in [1.82, 2.24) is 4.90 Å². The zero-order valence-corrected chi connectivity index (χ0v) is 7.25. The Morgan fingerprint density at radius 2 is 1.50 bits per heavy atom. The number of amides is 1. The molecule has 0 N–H and O–H groups in total. The molecule has 0 aromatic carbocycles. The first-order chi connectivity index (χ1) is 5.70. The van der Waals surface area contributed by atoms with Crippen molar-refractivity contribution in [2.75, 3.05) is 0 Å². The van der Waals surface area contributed by atoms with Gasteiger partial charge in [-0.3, -0.25) is 9.59 Å².